The maximum absolute atomic E-state index is 13.6. The summed E-state index contributed by atoms with van der Waals surface area (Å²) in [7, 11) is 3.08. The van der Waals surface area contributed by atoms with Crippen molar-refractivity contribution in [2.75, 3.05) is 20.8 Å². The Kier molecular flexibility index (Phi) is 6.90. The molecule has 0 saturated heterocycles. The van der Waals surface area contributed by atoms with Gasteiger partial charge in [-0.2, -0.15) is 0 Å². The highest BCUT2D eigenvalue weighted by atomic mass is 35.5. The van der Waals surface area contributed by atoms with E-state index in [1.165, 1.54) is 23.0 Å². The Balaban J connectivity index is 1.99. The fourth-order valence-electron chi connectivity index (χ4n) is 3.86. The van der Waals surface area contributed by atoms with Crippen LogP contribution in [0.4, 0.5) is 0 Å². The minimum Gasteiger partial charge on any atom is -0.493 e. The second kappa shape index (κ2) is 9.87. The lowest BCUT2D eigenvalue weighted by Crippen LogP contribution is -2.40. The molecule has 1 aliphatic rings. The number of methoxy groups -OCH3 is 2. The van der Waals surface area contributed by atoms with E-state index in [4.69, 9.17) is 25.8 Å². The number of halogens is 1. The summed E-state index contributed by atoms with van der Waals surface area (Å²) in [6.07, 6.45) is 1.74. The first-order chi connectivity index (χ1) is 16.4. The number of hydrogen-bond donors (Lipinski definition) is 0. The number of esters is 1. The van der Waals surface area contributed by atoms with Crippen molar-refractivity contribution in [3.8, 4) is 11.5 Å². The van der Waals surface area contributed by atoms with Crippen molar-refractivity contribution in [1.29, 1.82) is 0 Å². The monoisotopic (exact) mass is 498 g/mol. The number of aromatic nitrogens is 1. The van der Waals surface area contributed by atoms with Gasteiger partial charge in [0.1, 0.15) is 0 Å². The first-order valence-corrected chi connectivity index (χ1v) is 11.7. The fourth-order valence-corrected chi connectivity index (χ4v) is 5.09. The van der Waals surface area contributed by atoms with Crippen LogP contribution in [0.2, 0.25) is 5.02 Å². The molecule has 1 aliphatic heterocycles. The number of hydrogen-bond acceptors (Lipinski definition) is 7. The van der Waals surface area contributed by atoms with E-state index in [9.17, 15) is 9.59 Å². The van der Waals surface area contributed by atoms with Gasteiger partial charge in [-0.1, -0.05) is 47.2 Å². The van der Waals surface area contributed by atoms with Crippen LogP contribution in [0, 0.1) is 0 Å². The summed E-state index contributed by atoms with van der Waals surface area (Å²) in [6, 6.07) is 11.8. The number of ether oxygens (including phenoxy) is 3. The predicted molar refractivity (Wildman–Crippen MR) is 131 cm³/mol. The van der Waals surface area contributed by atoms with Crippen molar-refractivity contribution in [3.05, 3.63) is 89.6 Å². The number of thiazole rings is 1. The molecule has 34 heavy (non-hydrogen) atoms. The van der Waals surface area contributed by atoms with Crippen LogP contribution < -0.4 is 24.4 Å². The molecular formula is C25H23ClN2O5S. The van der Waals surface area contributed by atoms with Gasteiger partial charge in [0, 0.05) is 5.02 Å². The van der Waals surface area contributed by atoms with Crippen LogP contribution in [-0.2, 0) is 9.53 Å². The number of fused-ring (bicyclic) bond motifs is 1. The van der Waals surface area contributed by atoms with Crippen molar-refractivity contribution in [2.45, 2.75) is 19.9 Å². The normalized spacial score (nSPS) is 15.6. The van der Waals surface area contributed by atoms with E-state index in [-0.39, 0.29) is 12.2 Å². The van der Waals surface area contributed by atoms with Crippen LogP contribution in [0.25, 0.3) is 6.08 Å². The molecule has 0 bridgehead atoms. The van der Waals surface area contributed by atoms with Gasteiger partial charge in [-0.05, 0) is 49.2 Å². The molecule has 2 heterocycles. The van der Waals surface area contributed by atoms with E-state index in [1.54, 1.807) is 51.3 Å². The van der Waals surface area contributed by atoms with E-state index in [2.05, 4.69) is 4.99 Å². The fraction of sp³-hybridized carbons (Fsp3) is 0.240. The van der Waals surface area contributed by atoms with Crippen LogP contribution in [-0.4, -0.2) is 31.4 Å². The number of rotatable bonds is 6. The van der Waals surface area contributed by atoms with Crippen LogP contribution in [0.1, 0.15) is 31.0 Å². The summed E-state index contributed by atoms with van der Waals surface area (Å²) < 4.78 is 18.1. The lowest BCUT2D eigenvalue weighted by Gasteiger charge is -2.25. The number of nitrogens with zero attached hydrogens (tertiary/aromatic N) is 2. The van der Waals surface area contributed by atoms with Crippen molar-refractivity contribution in [1.82, 2.24) is 4.57 Å². The van der Waals surface area contributed by atoms with Gasteiger partial charge in [-0.15, -0.1) is 0 Å². The van der Waals surface area contributed by atoms with Crippen LogP contribution >= 0.6 is 22.9 Å². The highest BCUT2D eigenvalue weighted by Gasteiger charge is 2.33. The molecule has 0 radical (unpaired) electrons. The molecule has 0 N–H and O–H groups in total. The highest BCUT2D eigenvalue weighted by Crippen LogP contribution is 2.36. The van der Waals surface area contributed by atoms with Gasteiger partial charge in [0.2, 0.25) is 0 Å². The smallest absolute Gasteiger partial charge is 0.338 e. The van der Waals surface area contributed by atoms with Crippen LogP contribution in [0.3, 0.4) is 0 Å². The molecule has 0 amide bonds. The van der Waals surface area contributed by atoms with E-state index in [1.807, 2.05) is 18.2 Å². The Hall–Kier alpha value is -3.36. The van der Waals surface area contributed by atoms with E-state index >= 15 is 0 Å². The minimum atomic E-state index is -0.747. The predicted octanol–water partition coefficient (Wildman–Crippen LogP) is 3.47. The molecular weight excluding hydrogens is 476 g/mol. The maximum Gasteiger partial charge on any atom is 0.338 e. The molecule has 4 rings (SSSR count). The molecule has 2 aromatic carbocycles. The van der Waals surface area contributed by atoms with Crippen LogP contribution in [0.5, 0.6) is 11.5 Å². The number of carbonyl (C=O) groups is 1. The third kappa shape index (κ3) is 4.26. The summed E-state index contributed by atoms with van der Waals surface area (Å²) >= 11 is 7.55. The zero-order valence-electron chi connectivity index (χ0n) is 19.1. The van der Waals surface area contributed by atoms with E-state index < -0.39 is 12.0 Å². The molecule has 1 unspecified atom stereocenters. The zero-order chi connectivity index (χ0) is 24.4. The molecule has 0 spiro atoms. The Morgan fingerprint density at radius 2 is 1.91 bits per heavy atom. The second-order valence-electron chi connectivity index (χ2n) is 7.44. The summed E-state index contributed by atoms with van der Waals surface area (Å²) in [5.41, 5.74) is 1.89. The molecule has 7 nitrogen and oxygen atoms in total. The van der Waals surface area contributed by atoms with Crippen LogP contribution in [0.15, 0.2) is 63.5 Å². The molecule has 176 valence electrons. The third-order valence-electron chi connectivity index (χ3n) is 5.43. The van der Waals surface area contributed by atoms with Gasteiger partial charge in [0.25, 0.3) is 5.56 Å². The molecule has 0 saturated carbocycles. The van der Waals surface area contributed by atoms with Gasteiger partial charge < -0.3 is 14.2 Å². The van der Waals surface area contributed by atoms with E-state index in [0.29, 0.717) is 42.7 Å². The largest absolute Gasteiger partial charge is 0.493 e. The minimum absolute atomic E-state index is 0.200. The summed E-state index contributed by atoms with van der Waals surface area (Å²) in [5, 5.41) is 0.535. The summed E-state index contributed by atoms with van der Waals surface area (Å²) in [5.74, 6) is 0.496. The Morgan fingerprint density at radius 3 is 2.59 bits per heavy atom. The van der Waals surface area contributed by atoms with Gasteiger partial charge >= 0.3 is 5.97 Å². The number of carbonyl (C=O) groups excluding carboxylic acids is 1. The SMILES string of the molecule is CCOC(=O)C1=C(C)N=c2s/c(=C/c3ccccc3Cl)c(=O)n2C1c1ccc(OC)c(OC)c1. The quantitative estimate of drug-likeness (QED) is 0.486. The zero-order valence-corrected chi connectivity index (χ0v) is 20.7. The van der Waals surface area contributed by atoms with Crippen molar-refractivity contribution >= 4 is 35.0 Å². The van der Waals surface area contributed by atoms with Crippen molar-refractivity contribution < 1.29 is 19.0 Å². The first-order valence-electron chi connectivity index (χ1n) is 10.6. The lowest BCUT2D eigenvalue weighted by molar-refractivity contribution is -0.139. The topological polar surface area (TPSA) is 79.1 Å². The summed E-state index contributed by atoms with van der Waals surface area (Å²) in [4.78, 5) is 31.7. The summed E-state index contributed by atoms with van der Waals surface area (Å²) in [6.45, 7) is 3.67. The molecule has 0 fully saturated rings. The van der Waals surface area contributed by atoms with Gasteiger partial charge in [-0.3, -0.25) is 9.36 Å². The highest BCUT2D eigenvalue weighted by molar-refractivity contribution is 7.07. The lowest BCUT2D eigenvalue weighted by atomic mass is 9.95. The van der Waals surface area contributed by atoms with Gasteiger partial charge in [0.15, 0.2) is 16.3 Å². The Bertz CT molecular complexity index is 1470. The Labute approximate surface area is 205 Å². The average molecular weight is 499 g/mol. The van der Waals surface area contributed by atoms with Gasteiger partial charge in [-0.25, -0.2) is 9.79 Å². The first kappa shape index (κ1) is 23.8. The average Bonchev–Trinajstić information content (AvgIpc) is 3.13. The van der Waals surface area contributed by atoms with Gasteiger partial charge in [0.05, 0.1) is 42.7 Å². The Morgan fingerprint density at radius 1 is 1.18 bits per heavy atom. The van der Waals surface area contributed by atoms with Crippen molar-refractivity contribution in [2.24, 2.45) is 4.99 Å². The molecule has 3 aromatic rings. The second-order valence-corrected chi connectivity index (χ2v) is 8.85. The molecule has 0 aliphatic carbocycles. The molecule has 1 aromatic heterocycles. The molecule has 1 atom stereocenters. The van der Waals surface area contributed by atoms with E-state index in [0.717, 1.165) is 5.56 Å². The van der Waals surface area contributed by atoms with Crippen molar-refractivity contribution in [3.63, 3.8) is 0 Å². The number of allylic oxidation sites excluding steroid dienone is 1. The number of benzene rings is 2. The maximum atomic E-state index is 13.6. The third-order valence-corrected chi connectivity index (χ3v) is 6.76. The standard InChI is InChI=1S/C25H23ClN2O5S/c1-5-33-24(30)21-14(2)27-25-28(22(21)16-10-11-18(31-3)19(12-16)32-4)23(29)20(34-25)13-15-8-6-7-9-17(15)26/h6-13,22H,5H2,1-4H3/b20-13+. The molecule has 9 heteroatoms.